The summed E-state index contributed by atoms with van der Waals surface area (Å²) >= 11 is 5.81. The van der Waals surface area contributed by atoms with E-state index in [1.165, 1.54) is 12.1 Å². The van der Waals surface area contributed by atoms with E-state index in [1.807, 2.05) is 0 Å². The van der Waals surface area contributed by atoms with Crippen molar-refractivity contribution in [2.24, 2.45) is 0 Å². The Morgan fingerprint density at radius 1 is 1.56 bits per heavy atom. The first-order chi connectivity index (χ1) is 8.60. The zero-order chi connectivity index (χ0) is 13.1. The third-order valence-electron chi connectivity index (χ3n) is 3.01. The minimum Gasteiger partial charge on any atom is -0.490 e. The van der Waals surface area contributed by atoms with Gasteiger partial charge in [0, 0.05) is 18.2 Å². The second kappa shape index (κ2) is 5.54. The molecule has 18 heavy (non-hydrogen) atoms. The fourth-order valence-electron chi connectivity index (χ4n) is 2.02. The topological polar surface area (TPSA) is 64.4 Å². The van der Waals surface area contributed by atoms with Crippen LogP contribution in [0, 0.1) is 10.1 Å². The lowest BCUT2D eigenvalue weighted by Crippen LogP contribution is -2.46. The Hall–Kier alpha value is -1.33. The average Bonchev–Trinajstić information content (AvgIpc) is 2.26. The molecule has 0 unspecified atom stereocenters. The van der Waals surface area contributed by atoms with Gasteiger partial charge in [-0.1, -0.05) is 18.5 Å². The second-order valence-corrected chi connectivity index (χ2v) is 4.74. The largest absolute Gasteiger partial charge is 0.490 e. The van der Waals surface area contributed by atoms with Gasteiger partial charge in [-0.25, -0.2) is 0 Å². The van der Waals surface area contributed by atoms with Crippen molar-refractivity contribution in [2.75, 3.05) is 6.54 Å². The van der Waals surface area contributed by atoms with E-state index in [4.69, 9.17) is 16.3 Å². The Kier molecular flexibility index (Phi) is 4.04. The van der Waals surface area contributed by atoms with Crippen molar-refractivity contribution in [3.63, 3.8) is 0 Å². The van der Waals surface area contributed by atoms with Gasteiger partial charge in [0.1, 0.15) is 16.9 Å². The minimum atomic E-state index is -0.503. The normalized spacial score (nSPS) is 22.3. The molecular weight excluding hydrogens is 256 g/mol. The molecule has 0 saturated heterocycles. The molecule has 1 aliphatic rings. The number of halogens is 1. The summed E-state index contributed by atoms with van der Waals surface area (Å²) in [6, 6.07) is 4.98. The van der Waals surface area contributed by atoms with Crippen LogP contribution in [0.4, 0.5) is 5.69 Å². The number of hydrogen-bond acceptors (Lipinski definition) is 4. The summed E-state index contributed by atoms with van der Waals surface area (Å²) in [5.74, 6) is 0.588. The molecule has 1 aromatic carbocycles. The maximum atomic E-state index is 10.6. The Morgan fingerprint density at radius 2 is 2.28 bits per heavy atom. The number of rotatable bonds is 5. The number of benzene rings is 1. The summed E-state index contributed by atoms with van der Waals surface area (Å²) in [4.78, 5) is 10.1. The lowest BCUT2D eigenvalue weighted by Gasteiger charge is -2.35. The fourth-order valence-corrected chi connectivity index (χ4v) is 2.26. The van der Waals surface area contributed by atoms with Crippen molar-refractivity contribution in [3.8, 4) is 5.75 Å². The van der Waals surface area contributed by atoms with Gasteiger partial charge in [0.15, 0.2) is 0 Å². The number of ether oxygens (including phenoxy) is 1. The van der Waals surface area contributed by atoms with Gasteiger partial charge in [-0.2, -0.15) is 0 Å². The van der Waals surface area contributed by atoms with E-state index in [1.54, 1.807) is 6.07 Å². The first-order valence-corrected chi connectivity index (χ1v) is 6.32. The summed E-state index contributed by atoms with van der Waals surface area (Å²) in [6.07, 6.45) is 2.09. The van der Waals surface area contributed by atoms with Crippen LogP contribution < -0.4 is 10.1 Å². The summed E-state index contributed by atoms with van der Waals surface area (Å²) in [5, 5.41) is 14.1. The van der Waals surface area contributed by atoms with Crippen LogP contribution in [-0.2, 0) is 0 Å². The molecule has 0 bridgehead atoms. The number of nitro benzene ring substituents is 1. The van der Waals surface area contributed by atoms with Gasteiger partial charge in [0.2, 0.25) is 0 Å². The first kappa shape index (κ1) is 13.1. The van der Waals surface area contributed by atoms with E-state index in [9.17, 15) is 10.1 Å². The molecule has 0 heterocycles. The van der Waals surface area contributed by atoms with Gasteiger partial charge in [0.25, 0.3) is 5.69 Å². The number of hydrogen-bond donors (Lipinski definition) is 1. The van der Waals surface area contributed by atoms with Crippen LogP contribution in [0.25, 0.3) is 0 Å². The highest BCUT2D eigenvalue weighted by Gasteiger charge is 2.30. The summed E-state index contributed by atoms with van der Waals surface area (Å²) < 4.78 is 5.70. The van der Waals surface area contributed by atoms with Gasteiger partial charge in [-0.05, 0) is 25.5 Å². The number of nitro groups is 1. The molecule has 1 aromatic rings. The van der Waals surface area contributed by atoms with Crippen molar-refractivity contribution in [2.45, 2.75) is 31.9 Å². The fraction of sp³-hybridized carbons (Fsp3) is 0.500. The minimum absolute atomic E-state index is 0.0943. The molecule has 1 saturated carbocycles. The van der Waals surface area contributed by atoms with Gasteiger partial charge in [-0.15, -0.1) is 0 Å². The van der Waals surface area contributed by atoms with Crippen molar-refractivity contribution < 1.29 is 9.66 Å². The van der Waals surface area contributed by atoms with Crippen LogP contribution >= 0.6 is 11.6 Å². The van der Waals surface area contributed by atoms with Gasteiger partial charge in [-0.3, -0.25) is 10.1 Å². The van der Waals surface area contributed by atoms with E-state index in [0.717, 1.165) is 19.4 Å². The SMILES string of the molecule is CCNC1CC(Oc2ccc([N+](=O)[O-])c(Cl)c2)C1. The van der Waals surface area contributed by atoms with Crippen molar-refractivity contribution >= 4 is 17.3 Å². The highest BCUT2D eigenvalue weighted by molar-refractivity contribution is 6.32. The zero-order valence-corrected chi connectivity index (χ0v) is 10.8. The van der Waals surface area contributed by atoms with Crippen LogP contribution in [0.2, 0.25) is 5.02 Å². The van der Waals surface area contributed by atoms with Crippen LogP contribution in [0.1, 0.15) is 19.8 Å². The lowest BCUT2D eigenvalue weighted by molar-refractivity contribution is -0.384. The van der Waals surface area contributed by atoms with Crippen LogP contribution in [0.15, 0.2) is 18.2 Å². The van der Waals surface area contributed by atoms with E-state index >= 15 is 0 Å². The maximum absolute atomic E-state index is 10.6. The van der Waals surface area contributed by atoms with Crippen molar-refractivity contribution in [1.82, 2.24) is 5.32 Å². The van der Waals surface area contributed by atoms with E-state index in [0.29, 0.717) is 11.8 Å². The molecule has 0 amide bonds. The Labute approximate surface area is 110 Å². The molecular formula is C12H15ClN2O3. The first-order valence-electron chi connectivity index (χ1n) is 5.94. The quantitative estimate of drug-likeness (QED) is 0.660. The Morgan fingerprint density at radius 3 is 2.83 bits per heavy atom. The van der Waals surface area contributed by atoms with E-state index < -0.39 is 4.92 Å². The van der Waals surface area contributed by atoms with Crippen LogP contribution in [0.5, 0.6) is 5.75 Å². The molecule has 0 aliphatic heterocycles. The zero-order valence-electron chi connectivity index (χ0n) is 10.1. The molecule has 0 aromatic heterocycles. The van der Waals surface area contributed by atoms with Crippen LogP contribution in [-0.4, -0.2) is 23.6 Å². The summed E-state index contributed by atoms with van der Waals surface area (Å²) in [7, 11) is 0. The van der Waals surface area contributed by atoms with Crippen LogP contribution in [0.3, 0.4) is 0 Å². The molecule has 6 heteroatoms. The second-order valence-electron chi connectivity index (χ2n) is 4.34. The average molecular weight is 271 g/mol. The smallest absolute Gasteiger partial charge is 0.288 e. The number of nitrogens with zero attached hydrogens (tertiary/aromatic N) is 1. The molecule has 1 aliphatic carbocycles. The predicted molar refractivity (Wildman–Crippen MR) is 69.2 cm³/mol. The predicted octanol–water partition coefficient (Wildman–Crippen LogP) is 2.77. The van der Waals surface area contributed by atoms with Crippen molar-refractivity contribution in [3.05, 3.63) is 33.3 Å². The summed E-state index contributed by atoms with van der Waals surface area (Å²) in [5.41, 5.74) is -0.0943. The third kappa shape index (κ3) is 2.91. The molecule has 98 valence electrons. The molecule has 0 spiro atoms. The lowest BCUT2D eigenvalue weighted by atomic mass is 9.89. The number of nitrogens with one attached hydrogen (secondary N) is 1. The highest BCUT2D eigenvalue weighted by Crippen LogP contribution is 2.31. The molecule has 0 atom stereocenters. The molecule has 0 radical (unpaired) electrons. The summed E-state index contributed by atoms with van der Waals surface area (Å²) in [6.45, 7) is 3.03. The molecule has 2 rings (SSSR count). The Balaban J connectivity index is 1.92. The Bertz CT molecular complexity index is 447. The standard InChI is InChI=1S/C12H15ClN2O3/c1-2-14-8-5-10(6-8)18-9-3-4-12(15(16)17)11(13)7-9/h3-4,7-8,10,14H,2,5-6H2,1H3. The van der Waals surface area contributed by atoms with Gasteiger partial charge in [0.05, 0.1) is 4.92 Å². The van der Waals surface area contributed by atoms with E-state index in [-0.39, 0.29) is 16.8 Å². The highest BCUT2D eigenvalue weighted by atomic mass is 35.5. The van der Waals surface area contributed by atoms with Gasteiger partial charge >= 0.3 is 0 Å². The molecule has 1 fully saturated rings. The maximum Gasteiger partial charge on any atom is 0.288 e. The molecule has 1 N–H and O–H groups in total. The van der Waals surface area contributed by atoms with Gasteiger partial charge < -0.3 is 10.1 Å². The van der Waals surface area contributed by atoms with E-state index in [2.05, 4.69) is 12.2 Å². The molecule has 5 nitrogen and oxygen atoms in total. The third-order valence-corrected chi connectivity index (χ3v) is 3.31. The monoisotopic (exact) mass is 270 g/mol. The van der Waals surface area contributed by atoms with Crippen molar-refractivity contribution in [1.29, 1.82) is 0 Å².